The lowest BCUT2D eigenvalue weighted by Gasteiger charge is -2.20. The van der Waals surface area contributed by atoms with Crippen LogP contribution in [0, 0.1) is 0 Å². The minimum absolute atomic E-state index is 0.177. The Morgan fingerprint density at radius 3 is 2.30 bits per heavy atom. The van der Waals surface area contributed by atoms with Gasteiger partial charge in [-0.05, 0) is 23.8 Å². The molecule has 5 N–H and O–H groups in total. The number of hydrogen-bond donors (Lipinski definition) is 4. The number of rotatable bonds is 6. The molecule has 0 heterocycles. The van der Waals surface area contributed by atoms with Crippen molar-refractivity contribution in [2.45, 2.75) is 17.0 Å². The lowest BCUT2D eigenvalue weighted by Crippen LogP contribution is -2.44. The summed E-state index contributed by atoms with van der Waals surface area (Å²) < 4.78 is 26.6. The molecule has 0 aliphatic carbocycles. The number of carboxylic acid groups (broad SMARTS) is 1. The van der Waals surface area contributed by atoms with E-state index in [4.69, 9.17) is 5.73 Å². The fourth-order valence-electron chi connectivity index (χ4n) is 2.01. The second kappa shape index (κ2) is 6.78. The van der Waals surface area contributed by atoms with Crippen LogP contribution in [0.25, 0.3) is 0 Å². The molecule has 23 heavy (non-hydrogen) atoms. The van der Waals surface area contributed by atoms with Gasteiger partial charge in [0.15, 0.2) is 0 Å². The molecule has 0 amide bonds. The van der Waals surface area contributed by atoms with Crippen molar-refractivity contribution in [1.29, 1.82) is 0 Å². The lowest BCUT2D eigenvalue weighted by atomic mass is 10.0. The normalized spacial score (nSPS) is 14.1. The number of sulfonamides is 1. The van der Waals surface area contributed by atoms with Crippen LogP contribution in [-0.4, -0.2) is 30.6 Å². The Balaban J connectivity index is 2.31. The summed E-state index contributed by atoms with van der Waals surface area (Å²) in [6, 6.07) is 11.6. The summed E-state index contributed by atoms with van der Waals surface area (Å²) in [5.41, 5.74) is 6.05. The van der Waals surface area contributed by atoms with Gasteiger partial charge in [0.25, 0.3) is 0 Å². The van der Waals surface area contributed by atoms with E-state index in [1.165, 1.54) is 36.4 Å². The van der Waals surface area contributed by atoms with Crippen LogP contribution in [0.5, 0.6) is 0 Å². The standard InChI is InChI=1S/C15H16N2O5S/c16-11-7-4-8-12(9-11)23(21,22)17-13(15(19)20)14(18)10-5-2-1-3-6-10/h1-9,13-14,17-18H,16H2,(H,19,20)/t13-,14-/m0/s1. The monoisotopic (exact) mass is 336 g/mol. The molecule has 8 heteroatoms. The van der Waals surface area contributed by atoms with Crippen molar-refractivity contribution in [3.8, 4) is 0 Å². The fourth-order valence-corrected chi connectivity index (χ4v) is 3.26. The average Bonchev–Trinajstić information content (AvgIpc) is 2.52. The highest BCUT2D eigenvalue weighted by Crippen LogP contribution is 2.20. The zero-order valence-corrected chi connectivity index (χ0v) is 12.8. The van der Waals surface area contributed by atoms with Gasteiger partial charge in [0.1, 0.15) is 12.1 Å². The number of aliphatic hydroxyl groups excluding tert-OH is 1. The van der Waals surface area contributed by atoms with Gasteiger partial charge >= 0.3 is 5.97 Å². The van der Waals surface area contributed by atoms with Gasteiger partial charge in [-0.25, -0.2) is 8.42 Å². The first-order chi connectivity index (χ1) is 10.8. The zero-order chi connectivity index (χ0) is 17.0. The molecule has 0 radical (unpaired) electrons. The highest BCUT2D eigenvalue weighted by Gasteiger charge is 2.32. The van der Waals surface area contributed by atoms with Crippen LogP contribution in [-0.2, 0) is 14.8 Å². The fraction of sp³-hybridized carbons (Fsp3) is 0.133. The van der Waals surface area contributed by atoms with Crippen molar-refractivity contribution in [3.63, 3.8) is 0 Å². The first kappa shape index (κ1) is 16.9. The molecule has 0 aliphatic heterocycles. The first-order valence-electron chi connectivity index (χ1n) is 6.65. The van der Waals surface area contributed by atoms with Crippen LogP contribution in [0.3, 0.4) is 0 Å². The minimum Gasteiger partial charge on any atom is -0.480 e. The van der Waals surface area contributed by atoms with E-state index >= 15 is 0 Å². The molecule has 0 saturated carbocycles. The number of nitrogens with one attached hydrogen (secondary N) is 1. The molecule has 0 unspecified atom stereocenters. The number of nitrogens with two attached hydrogens (primary N) is 1. The Labute approximate surface area is 133 Å². The predicted octanol–water partition coefficient (Wildman–Crippen LogP) is 0.734. The van der Waals surface area contributed by atoms with E-state index in [9.17, 15) is 23.4 Å². The van der Waals surface area contributed by atoms with Gasteiger partial charge in [-0.1, -0.05) is 36.4 Å². The van der Waals surface area contributed by atoms with Crippen LogP contribution in [0.2, 0.25) is 0 Å². The number of nitrogen functional groups attached to an aromatic ring is 1. The topological polar surface area (TPSA) is 130 Å². The van der Waals surface area contributed by atoms with Gasteiger partial charge in [-0.3, -0.25) is 4.79 Å². The second-order valence-corrected chi connectivity index (χ2v) is 6.58. The molecule has 122 valence electrons. The Bertz CT molecular complexity index is 793. The third-order valence-corrected chi connectivity index (χ3v) is 4.61. The number of hydrogen-bond acceptors (Lipinski definition) is 5. The van der Waals surface area contributed by atoms with Crippen LogP contribution in [0.4, 0.5) is 5.69 Å². The molecule has 0 saturated heterocycles. The van der Waals surface area contributed by atoms with Crippen molar-refractivity contribution in [2.75, 3.05) is 5.73 Å². The summed E-state index contributed by atoms with van der Waals surface area (Å²) in [7, 11) is -4.15. The van der Waals surface area contributed by atoms with Crippen molar-refractivity contribution in [1.82, 2.24) is 4.72 Å². The van der Waals surface area contributed by atoms with Crippen molar-refractivity contribution in [3.05, 3.63) is 60.2 Å². The molecular weight excluding hydrogens is 320 g/mol. The predicted molar refractivity (Wildman–Crippen MR) is 84.0 cm³/mol. The number of anilines is 1. The largest absolute Gasteiger partial charge is 0.480 e. The lowest BCUT2D eigenvalue weighted by molar-refractivity contribution is -0.141. The number of aliphatic carboxylic acids is 1. The zero-order valence-electron chi connectivity index (χ0n) is 12.0. The number of carbonyl (C=O) groups is 1. The van der Waals surface area contributed by atoms with E-state index in [1.807, 2.05) is 4.72 Å². The van der Waals surface area contributed by atoms with E-state index in [-0.39, 0.29) is 16.1 Å². The SMILES string of the molecule is Nc1cccc(S(=O)(=O)N[C@H](C(=O)O)[C@@H](O)c2ccccc2)c1. The van der Waals surface area contributed by atoms with Crippen molar-refractivity contribution >= 4 is 21.7 Å². The summed E-state index contributed by atoms with van der Waals surface area (Å²) in [6.07, 6.45) is -1.54. The first-order valence-corrected chi connectivity index (χ1v) is 8.13. The molecule has 2 rings (SSSR count). The second-order valence-electron chi connectivity index (χ2n) is 4.87. The molecule has 0 spiro atoms. The summed E-state index contributed by atoms with van der Waals surface area (Å²) in [5, 5.41) is 19.4. The van der Waals surface area contributed by atoms with Crippen molar-refractivity contribution < 1.29 is 23.4 Å². The third kappa shape index (κ3) is 4.07. The average molecular weight is 336 g/mol. The molecule has 0 aromatic heterocycles. The number of benzene rings is 2. The maximum atomic E-state index is 12.3. The van der Waals surface area contributed by atoms with E-state index < -0.39 is 28.1 Å². The summed E-state index contributed by atoms with van der Waals surface area (Å²) in [4.78, 5) is 11.2. The minimum atomic E-state index is -4.15. The Hall–Kier alpha value is -2.42. The summed E-state index contributed by atoms with van der Waals surface area (Å²) in [5.74, 6) is -1.49. The maximum absolute atomic E-state index is 12.3. The quantitative estimate of drug-likeness (QED) is 0.576. The molecule has 7 nitrogen and oxygen atoms in total. The van der Waals surface area contributed by atoms with E-state index in [0.29, 0.717) is 0 Å². The highest BCUT2D eigenvalue weighted by molar-refractivity contribution is 7.89. The maximum Gasteiger partial charge on any atom is 0.324 e. The van der Waals surface area contributed by atoms with E-state index in [0.717, 1.165) is 0 Å². The Morgan fingerprint density at radius 1 is 1.09 bits per heavy atom. The summed E-state index contributed by atoms with van der Waals surface area (Å²) >= 11 is 0. The smallest absolute Gasteiger partial charge is 0.324 e. The van der Waals surface area contributed by atoms with Gasteiger partial charge in [0.05, 0.1) is 4.90 Å². The molecule has 0 fully saturated rings. The van der Waals surface area contributed by atoms with Crippen LogP contribution in [0.15, 0.2) is 59.5 Å². The van der Waals surface area contributed by atoms with Crippen LogP contribution >= 0.6 is 0 Å². The van der Waals surface area contributed by atoms with Gasteiger partial charge in [-0.2, -0.15) is 4.72 Å². The highest BCUT2D eigenvalue weighted by atomic mass is 32.2. The molecule has 2 atom stereocenters. The molecule has 2 aromatic rings. The summed E-state index contributed by atoms with van der Waals surface area (Å²) in [6.45, 7) is 0. The number of aliphatic hydroxyl groups is 1. The van der Waals surface area contributed by atoms with Gasteiger partial charge in [0, 0.05) is 5.69 Å². The molecular formula is C15H16N2O5S. The molecule has 0 bridgehead atoms. The molecule has 0 aliphatic rings. The number of carboxylic acids is 1. The Morgan fingerprint density at radius 2 is 1.74 bits per heavy atom. The van der Waals surface area contributed by atoms with Gasteiger partial charge < -0.3 is 15.9 Å². The Kier molecular flexibility index (Phi) is 4.99. The van der Waals surface area contributed by atoms with Crippen LogP contribution in [0.1, 0.15) is 11.7 Å². The third-order valence-electron chi connectivity index (χ3n) is 3.17. The van der Waals surface area contributed by atoms with E-state index in [2.05, 4.69) is 0 Å². The van der Waals surface area contributed by atoms with E-state index in [1.54, 1.807) is 18.2 Å². The van der Waals surface area contributed by atoms with Gasteiger partial charge in [-0.15, -0.1) is 0 Å². The van der Waals surface area contributed by atoms with Gasteiger partial charge in [0.2, 0.25) is 10.0 Å². The van der Waals surface area contributed by atoms with Crippen LogP contribution < -0.4 is 10.5 Å². The van der Waals surface area contributed by atoms with Crippen molar-refractivity contribution in [2.24, 2.45) is 0 Å². The molecule has 2 aromatic carbocycles.